The van der Waals surface area contributed by atoms with Crippen molar-refractivity contribution in [3.8, 4) is 5.75 Å². The Bertz CT molecular complexity index is 710. The summed E-state index contributed by atoms with van der Waals surface area (Å²) in [5, 5.41) is 6.27. The predicted molar refractivity (Wildman–Crippen MR) is 101 cm³/mol. The molecule has 0 radical (unpaired) electrons. The van der Waals surface area contributed by atoms with Crippen LogP contribution in [0.5, 0.6) is 5.75 Å². The van der Waals surface area contributed by atoms with Crippen molar-refractivity contribution >= 4 is 11.9 Å². The van der Waals surface area contributed by atoms with Crippen LogP contribution >= 0.6 is 0 Å². The van der Waals surface area contributed by atoms with E-state index in [-0.39, 0.29) is 11.9 Å². The minimum absolute atomic E-state index is 0.0896. The van der Waals surface area contributed by atoms with Gasteiger partial charge in [-0.15, -0.1) is 0 Å². The van der Waals surface area contributed by atoms with Gasteiger partial charge in [-0.1, -0.05) is 43.9 Å². The van der Waals surface area contributed by atoms with Crippen LogP contribution in [0.25, 0.3) is 0 Å². The van der Waals surface area contributed by atoms with E-state index in [1.54, 1.807) is 19.5 Å². The van der Waals surface area contributed by atoms with Gasteiger partial charge in [0.2, 0.25) is 5.95 Å². The summed E-state index contributed by atoms with van der Waals surface area (Å²) in [7, 11) is 1.65. The molecule has 1 aliphatic rings. The van der Waals surface area contributed by atoms with E-state index in [4.69, 9.17) is 4.74 Å². The lowest BCUT2D eigenvalue weighted by atomic mass is 10.1. The molecule has 1 amide bonds. The van der Waals surface area contributed by atoms with Crippen LogP contribution < -0.4 is 15.4 Å². The zero-order chi connectivity index (χ0) is 18.2. The standard InChI is InChI=1S/C20H26N4O2/c1-26-18-11-7-6-8-15(18)12-21-20-22-13-16(14-23-20)19(25)24-17-9-4-2-3-5-10-17/h6-8,11,13-14,17H,2-5,9-10,12H2,1H3,(H,24,25)(H,21,22,23). The normalized spacial score (nSPS) is 15.1. The van der Waals surface area contributed by atoms with Crippen molar-refractivity contribution in [3.05, 3.63) is 47.8 Å². The van der Waals surface area contributed by atoms with Crippen LogP contribution in [0.15, 0.2) is 36.7 Å². The van der Waals surface area contributed by atoms with Gasteiger partial charge in [0.05, 0.1) is 12.7 Å². The molecule has 1 aromatic heterocycles. The van der Waals surface area contributed by atoms with E-state index in [0.717, 1.165) is 24.2 Å². The number of benzene rings is 1. The monoisotopic (exact) mass is 354 g/mol. The lowest BCUT2D eigenvalue weighted by Gasteiger charge is -2.16. The summed E-state index contributed by atoms with van der Waals surface area (Å²) >= 11 is 0. The molecule has 0 bridgehead atoms. The highest BCUT2D eigenvalue weighted by atomic mass is 16.5. The fraction of sp³-hybridized carbons (Fsp3) is 0.450. The lowest BCUT2D eigenvalue weighted by molar-refractivity contribution is 0.0932. The molecule has 1 aromatic carbocycles. The van der Waals surface area contributed by atoms with E-state index < -0.39 is 0 Å². The summed E-state index contributed by atoms with van der Waals surface area (Å²) in [5.41, 5.74) is 1.52. The topological polar surface area (TPSA) is 76.1 Å². The Morgan fingerprint density at radius 3 is 2.50 bits per heavy atom. The molecule has 0 aliphatic heterocycles. The number of methoxy groups -OCH3 is 1. The van der Waals surface area contributed by atoms with Crippen LogP contribution in [-0.2, 0) is 6.54 Å². The quantitative estimate of drug-likeness (QED) is 0.776. The van der Waals surface area contributed by atoms with E-state index in [1.165, 1.54) is 25.7 Å². The number of amides is 1. The molecular formula is C20H26N4O2. The number of para-hydroxylation sites is 1. The minimum atomic E-state index is -0.0896. The number of hydrogen-bond acceptors (Lipinski definition) is 5. The third kappa shape index (κ3) is 4.94. The molecule has 1 saturated carbocycles. The summed E-state index contributed by atoms with van der Waals surface area (Å²) in [4.78, 5) is 20.9. The van der Waals surface area contributed by atoms with Crippen LogP contribution in [0, 0.1) is 0 Å². The fourth-order valence-electron chi connectivity index (χ4n) is 3.25. The molecule has 2 aromatic rings. The molecule has 2 N–H and O–H groups in total. The Morgan fingerprint density at radius 1 is 1.12 bits per heavy atom. The summed E-state index contributed by atoms with van der Waals surface area (Å²) in [6.07, 6.45) is 10.2. The van der Waals surface area contributed by atoms with Gasteiger partial charge < -0.3 is 15.4 Å². The first-order chi connectivity index (χ1) is 12.8. The first-order valence-electron chi connectivity index (χ1n) is 9.25. The van der Waals surface area contributed by atoms with Gasteiger partial charge in [0, 0.05) is 30.5 Å². The van der Waals surface area contributed by atoms with Crippen molar-refractivity contribution in [1.82, 2.24) is 15.3 Å². The Hall–Kier alpha value is -2.63. The number of carbonyl (C=O) groups is 1. The number of rotatable bonds is 6. The molecule has 1 aliphatic carbocycles. The van der Waals surface area contributed by atoms with Crippen molar-refractivity contribution in [3.63, 3.8) is 0 Å². The van der Waals surface area contributed by atoms with Gasteiger partial charge in [-0.25, -0.2) is 9.97 Å². The van der Waals surface area contributed by atoms with Crippen molar-refractivity contribution < 1.29 is 9.53 Å². The molecule has 0 unspecified atom stereocenters. The van der Waals surface area contributed by atoms with Crippen LogP contribution in [0.2, 0.25) is 0 Å². The van der Waals surface area contributed by atoms with Crippen molar-refractivity contribution in [2.75, 3.05) is 12.4 Å². The average Bonchev–Trinajstić information content (AvgIpc) is 2.95. The number of nitrogens with one attached hydrogen (secondary N) is 2. The Morgan fingerprint density at radius 2 is 1.81 bits per heavy atom. The molecule has 0 atom stereocenters. The third-order valence-electron chi connectivity index (χ3n) is 4.73. The van der Waals surface area contributed by atoms with E-state index in [2.05, 4.69) is 20.6 Å². The Kier molecular flexibility index (Phi) is 6.41. The number of anilines is 1. The van der Waals surface area contributed by atoms with E-state index in [0.29, 0.717) is 18.1 Å². The largest absolute Gasteiger partial charge is 0.496 e. The summed E-state index contributed by atoms with van der Waals surface area (Å²) < 4.78 is 5.33. The van der Waals surface area contributed by atoms with Gasteiger partial charge in [-0.3, -0.25) is 4.79 Å². The van der Waals surface area contributed by atoms with E-state index >= 15 is 0 Å². The molecule has 26 heavy (non-hydrogen) atoms. The molecular weight excluding hydrogens is 328 g/mol. The Balaban J connectivity index is 1.55. The Labute approximate surface area is 154 Å². The van der Waals surface area contributed by atoms with Crippen LogP contribution in [0.3, 0.4) is 0 Å². The minimum Gasteiger partial charge on any atom is -0.496 e. The highest BCUT2D eigenvalue weighted by molar-refractivity contribution is 5.93. The van der Waals surface area contributed by atoms with E-state index in [9.17, 15) is 4.79 Å². The van der Waals surface area contributed by atoms with Gasteiger partial charge in [0.25, 0.3) is 5.91 Å². The van der Waals surface area contributed by atoms with Crippen molar-refractivity contribution in [2.45, 2.75) is 51.1 Å². The lowest BCUT2D eigenvalue weighted by Crippen LogP contribution is -2.34. The van der Waals surface area contributed by atoms with Gasteiger partial charge in [0.15, 0.2) is 0 Å². The smallest absolute Gasteiger partial charge is 0.254 e. The zero-order valence-electron chi connectivity index (χ0n) is 15.2. The molecule has 0 saturated heterocycles. The second kappa shape index (κ2) is 9.17. The second-order valence-corrected chi connectivity index (χ2v) is 6.62. The molecule has 0 spiro atoms. The second-order valence-electron chi connectivity index (χ2n) is 6.62. The van der Waals surface area contributed by atoms with Crippen LogP contribution in [0.1, 0.15) is 54.4 Å². The molecule has 1 fully saturated rings. The number of ether oxygens (including phenoxy) is 1. The van der Waals surface area contributed by atoms with Gasteiger partial charge in [-0.2, -0.15) is 0 Å². The van der Waals surface area contributed by atoms with Gasteiger partial charge in [-0.05, 0) is 18.9 Å². The predicted octanol–water partition coefficient (Wildman–Crippen LogP) is 3.55. The number of nitrogens with zero attached hydrogens (tertiary/aromatic N) is 2. The highest BCUT2D eigenvalue weighted by Gasteiger charge is 2.16. The molecule has 6 heteroatoms. The maximum Gasteiger partial charge on any atom is 0.254 e. The van der Waals surface area contributed by atoms with Crippen molar-refractivity contribution in [2.24, 2.45) is 0 Å². The number of aromatic nitrogens is 2. The highest BCUT2D eigenvalue weighted by Crippen LogP contribution is 2.19. The summed E-state index contributed by atoms with van der Waals surface area (Å²) in [6, 6.07) is 8.06. The molecule has 138 valence electrons. The van der Waals surface area contributed by atoms with Crippen LogP contribution in [0.4, 0.5) is 5.95 Å². The maximum absolute atomic E-state index is 12.4. The first-order valence-corrected chi connectivity index (χ1v) is 9.25. The summed E-state index contributed by atoms with van der Waals surface area (Å²) in [5.74, 6) is 1.22. The fourth-order valence-corrected chi connectivity index (χ4v) is 3.25. The van der Waals surface area contributed by atoms with Gasteiger partial charge >= 0.3 is 0 Å². The third-order valence-corrected chi connectivity index (χ3v) is 4.73. The first kappa shape index (κ1) is 18.2. The van der Waals surface area contributed by atoms with Crippen molar-refractivity contribution in [1.29, 1.82) is 0 Å². The number of hydrogen-bond donors (Lipinski definition) is 2. The zero-order valence-corrected chi connectivity index (χ0v) is 15.2. The number of carbonyl (C=O) groups excluding carboxylic acids is 1. The van der Waals surface area contributed by atoms with Gasteiger partial charge in [0.1, 0.15) is 5.75 Å². The van der Waals surface area contributed by atoms with Crippen LogP contribution in [-0.4, -0.2) is 29.0 Å². The molecule has 6 nitrogen and oxygen atoms in total. The maximum atomic E-state index is 12.4. The SMILES string of the molecule is COc1ccccc1CNc1ncc(C(=O)NC2CCCCCC2)cn1. The van der Waals surface area contributed by atoms with E-state index in [1.807, 2.05) is 24.3 Å². The molecule has 1 heterocycles. The summed E-state index contributed by atoms with van der Waals surface area (Å²) in [6.45, 7) is 0.553. The average molecular weight is 354 g/mol. The molecule has 3 rings (SSSR count).